The van der Waals surface area contributed by atoms with Crippen molar-refractivity contribution in [3.63, 3.8) is 0 Å². The molecule has 0 aromatic heterocycles. The number of halogens is 4. The van der Waals surface area contributed by atoms with E-state index in [1.165, 1.54) is 13.0 Å². The smallest absolute Gasteiger partial charge is 0.295 e. The van der Waals surface area contributed by atoms with Crippen LogP contribution >= 0.6 is 23.4 Å². The Bertz CT molecular complexity index is 929. The van der Waals surface area contributed by atoms with Crippen molar-refractivity contribution in [2.24, 2.45) is 0 Å². The molecule has 1 aliphatic heterocycles. The maximum atomic E-state index is 14.2. The van der Waals surface area contributed by atoms with Gasteiger partial charge in [0.1, 0.15) is 4.75 Å². The van der Waals surface area contributed by atoms with Crippen LogP contribution < -0.4 is 0 Å². The van der Waals surface area contributed by atoms with E-state index in [2.05, 4.69) is 0 Å². The number of benzene rings is 2. The molecule has 6 heteroatoms. The van der Waals surface area contributed by atoms with Gasteiger partial charge in [-0.15, -0.1) is 11.8 Å². The zero-order valence-corrected chi connectivity index (χ0v) is 16.6. The van der Waals surface area contributed by atoms with E-state index in [0.717, 1.165) is 17.3 Å². The molecule has 27 heavy (non-hydrogen) atoms. The molecule has 0 fully saturated rings. The minimum absolute atomic E-state index is 0.0622. The van der Waals surface area contributed by atoms with Crippen LogP contribution in [0.5, 0.6) is 0 Å². The Kier molecular flexibility index (Phi) is 5.21. The Labute approximate surface area is 165 Å². The normalized spacial score (nSPS) is 19.9. The molecule has 2 aromatic rings. The second-order valence-electron chi connectivity index (χ2n) is 6.87. The van der Waals surface area contributed by atoms with Crippen molar-refractivity contribution in [3.8, 4) is 0 Å². The number of alkyl halides is 3. The topological polar surface area (TPSA) is 17.1 Å². The van der Waals surface area contributed by atoms with Gasteiger partial charge in [0.15, 0.2) is 5.78 Å². The summed E-state index contributed by atoms with van der Waals surface area (Å²) in [5.74, 6) is -0.0622. The molecule has 1 unspecified atom stereocenters. The highest BCUT2D eigenvalue weighted by Crippen LogP contribution is 2.59. The summed E-state index contributed by atoms with van der Waals surface area (Å²) in [7, 11) is 0. The fraction of sp³-hybridized carbons (Fsp3) is 0.286. The largest absolute Gasteiger partial charge is 0.407 e. The van der Waals surface area contributed by atoms with Crippen LogP contribution in [-0.2, 0) is 4.75 Å². The van der Waals surface area contributed by atoms with Gasteiger partial charge in [-0.2, -0.15) is 13.2 Å². The fourth-order valence-electron chi connectivity index (χ4n) is 3.42. The van der Waals surface area contributed by atoms with E-state index < -0.39 is 10.9 Å². The van der Waals surface area contributed by atoms with Gasteiger partial charge in [-0.25, -0.2) is 0 Å². The summed E-state index contributed by atoms with van der Waals surface area (Å²) in [6.45, 7) is 5.00. The minimum atomic E-state index is -4.44. The molecule has 3 rings (SSSR count). The number of carbonyl (C=O) groups excluding carboxylic acids is 1. The average molecular weight is 411 g/mol. The third kappa shape index (κ3) is 3.67. The van der Waals surface area contributed by atoms with Gasteiger partial charge in [0, 0.05) is 17.0 Å². The Balaban J connectivity index is 2.02. The van der Waals surface area contributed by atoms with E-state index in [1.807, 2.05) is 0 Å². The second-order valence-corrected chi connectivity index (χ2v) is 8.47. The molecule has 2 aromatic carbocycles. The summed E-state index contributed by atoms with van der Waals surface area (Å²) in [6, 6.07) is 9.76. The molecule has 0 saturated carbocycles. The van der Waals surface area contributed by atoms with E-state index in [0.29, 0.717) is 27.3 Å². The summed E-state index contributed by atoms with van der Waals surface area (Å²) < 4.78 is 40.4. The van der Waals surface area contributed by atoms with E-state index in [9.17, 15) is 18.0 Å². The number of rotatable bonds is 3. The molecule has 1 aliphatic rings. The van der Waals surface area contributed by atoms with E-state index in [1.54, 1.807) is 49.6 Å². The summed E-state index contributed by atoms with van der Waals surface area (Å²) >= 11 is 6.81. The number of hydrogen-bond donors (Lipinski definition) is 0. The summed E-state index contributed by atoms with van der Waals surface area (Å²) in [5.41, 5.74) is 3.50. The Hall–Kier alpha value is -1.72. The number of carbonyl (C=O) groups is 1. The lowest BCUT2D eigenvalue weighted by molar-refractivity contribution is -0.160. The molecule has 142 valence electrons. The monoisotopic (exact) mass is 410 g/mol. The number of allylic oxidation sites excluding steroid dienone is 1. The second kappa shape index (κ2) is 7.02. The quantitative estimate of drug-likeness (QED) is 0.502. The molecular weight excluding hydrogens is 393 g/mol. The lowest BCUT2D eigenvalue weighted by atomic mass is 9.87. The third-order valence-corrected chi connectivity index (χ3v) is 6.42. The molecule has 0 spiro atoms. The van der Waals surface area contributed by atoms with Gasteiger partial charge in [0.05, 0.1) is 0 Å². The predicted molar refractivity (Wildman–Crippen MR) is 105 cm³/mol. The summed E-state index contributed by atoms with van der Waals surface area (Å²) in [6.07, 6.45) is -4.62. The van der Waals surface area contributed by atoms with Gasteiger partial charge in [-0.3, -0.25) is 4.79 Å². The first-order valence-electron chi connectivity index (χ1n) is 8.37. The van der Waals surface area contributed by atoms with Crippen LogP contribution in [0.2, 0.25) is 5.02 Å². The molecule has 1 nitrogen and oxygen atoms in total. The maximum Gasteiger partial charge on any atom is 0.407 e. The molecule has 0 bridgehead atoms. The molecule has 0 aliphatic carbocycles. The van der Waals surface area contributed by atoms with Crippen LogP contribution in [0.3, 0.4) is 0 Å². The summed E-state index contributed by atoms with van der Waals surface area (Å²) in [5, 5.41) is 1.87. The first kappa shape index (κ1) is 20.0. The Morgan fingerprint density at radius 2 is 1.85 bits per heavy atom. The van der Waals surface area contributed by atoms with Crippen molar-refractivity contribution in [2.45, 2.75) is 38.1 Å². The minimum Gasteiger partial charge on any atom is -0.295 e. The van der Waals surface area contributed by atoms with Gasteiger partial charge in [-0.1, -0.05) is 35.9 Å². The van der Waals surface area contributed by atoms with Crippen molar-refractivity contribution < 1.29 is 18.0 Å². The molecule has 0 saturated heterocycles. The van der Waals surface area contributed by atoms with E-state index in [4.69, 9.17) is 11.6 Å². The van der Waals surface area contributed by atoms with Gasteiger partial charge in [0.25, 0.3) is 0 Å². The zero-order chi connectivity index (χ0) is 20.0. The van der Waals surface area contributed by atoms with E-state index in [-0.39, 0.29) is 17.8 Å². The predicted octanol–water partition coefficient (Wildman–Crippen LogP) is 7.10. The highest BCUT2D eigenvalue weighted by molar-refractivity contribution is 8.03. The molecular formula is C21H18ClF3OS. The van der Waals surface area contributed by atoms with Gasteiger partial charge >= 0.3 is 6.18 Å². The van der Waals surface area contributed by atoms with Gasteiger partial charge in [0.2, 0.25) is 0 Å². The lowest BCUT2D eigenvalue weighted by Gasteiger charge is -2.32. The van der Waals surface area contributed by atoms with Crippen LogP contribution in [0.25, 0.3) is 5.57 Å². The number of hydrogen-bond acceptors (Lipinski definition) is 2. The lowest BCUT2D eigenvalue weighted by Crippen LogP contribution is -2.37. The zero-order valence-electron chi connectivity index (χ0n) is 15.1. The SMILES string of the molecule is CC(=O)c1ccc(C2=CSC(c3cc(C)cc(Cl)c3)(C(F)(F)F)C2)cc1C. The summed E-state index contributed by atoms with van der Waals surface area (Å²) in [4.78, 5) is 11.6. The number of Topliss-reactive ketones (excluding diaryl/α,β-unsaturated/α-hetero) is 1. The van der Waals surface area contributed by atoms with Gasteiger partial charge < -0.3 is 0 Å². The molecule has 0 N–H and O–H groups in total. The number of aryl methyl sites for hydroxylation is 2. The van der Waals surface area contributed by atoms with Crippen molar-refractivity contribution in [3.05, 3.63) is 74.6 Å². The van der Waals surface area contributed by atoms with Crippen molar-refractivity contribution in [2.75, 3.05) is 0 Å². The van der Waals surface area contributed by atoms with Crippen LogP contribution in [0, 0.1) is 13.8 Å². The van der Waals surface area contributed by atoms with E-state index >= 15 is 0 Å². The van der Waals surface area contributed by atoms with Crippen molar-refractivity contribution >= 4 is 34.7 Å². The van der Waals surface area contributed by atoms with Crippen molar-refractivity contribution in [1.82, 2.24) is 0 Å². The molecule has 0 radical (unpaired) electrons. The van der Waals surface area contributed by atoms with Crippen LogP contribution in [0.4, 0.5) is 13.2 Å². The third-order valence-electron chi connectivity index (χ3n) is 4.78. The first-order chi connectivity index (χ1) is 12.5. The Morgan fingerprint density at radius 1 is 1.15 bits per heavy atom. The molecule has 1 atom stereocenters. The number of ketones is 1. The molecule has 1 heterocycles. The Morgan fingerprint density at radius 3 is 2.41 bits per heavy atom. The maximum absolute atomic E-state index is 14.2. The van der Waals surface area contributed by atoms with Crippen LogP contribution in [-0.4, -0.2) is 12.0 Å². The average Bonchev–Trinajstić information content (AvgIpc) is 3.00. The fourth-order valence-corrected chi connectivity index (χ4v) is 4.90. The van der Waals surface area contributed by atoms with Crippen LogP contribution in [0.15, 0.2) is 41.8 Å². The van der Waals surface area contributed by atoms with Crippen LogP contribution in [0.1, 0.15) is 46.0 Å². The van der Waals surface area contributed by atoms with Gasteiger partial charge in [-0.05, 0) is 66.1 Å². The molecule has 0 amide bonds. The first-order valence-corrected chi connectivity index (χ1v) is 9.62. The standard InChI is InChI=1S/C21H18ClF3OS/c1-12-6-17(9-18(22)7-12)20(21(23,24)25)10-16(11-27-20)15-4-5-19(14(3)26)13(2)8-15/h4-9,11H,10H2,1-3H3. The number of thioether (sulfide) groups is 1. The highest BCUT2D eigenvalue weighted by Gasteiger charge is 2.58. The highest BCUT2D eigenvalue weighted by atomic mass is 35.5. The van der Waals surface area contributed by atoms with Crippen molar-refractivity contribution in [1.29, 1.82) is 0 Å².